The van der Waals surface area contributed by atoms with Crippen molar-refractivity contribution in [3.8, 4) is 17.5 Å². The summed E-state index contributed by atoms with van der Waals surface area (Å²) >= 11 is 1.42. The summed E-state index contributed by atoms with van der Waals surface area (Å²) in [7, 11) is 0. The fourth-order valence-corrected chi connectivity index (χ4v) is 5.37. The maximum Gasteiger partial charge on any atom is 0.230 e. The molecule has 1 aromatic carbocycles. The van der Waals surface area contributed by atoms with Gasteiger partial charge in [0.05, 0.1) is 17.2 Å². The van der Waals surface area contributed by atoms with Crippen LogP contribution in [0.5, 0.6) is 5.88 Å². The van der Waals surface area contributed by atoms with Gasteiger partial charge in [-0.15, -0.1) is 5.10 Å². The van der Waals surface area contributed by atoms with E-state index < -0.39 is 0 Å². The number of primary amides is 1. The number of likely N-dealkylation sites (tertiary alicyclic amines) is 1. The zero-order chi connectivity index (χ0) is 21.5. The zero-order valence-corrected chi connectivity index (χ0v) is 17.9. The Morgan fingerprint density at radius 1 is 1.29 bits per heavy atom. The number of carbonyl (C=O) groups is 1. The normalized spacial score (nSPS) is 16.7. The number of aromatic hydroxyl groups is 1. The largest absolute Gasteiger partial charge is 0.492 e. The van der Waals surface area contributed by atoms with Gasteiger partial charge in [-0.05, 0) is 50.6 Å². The monoisotopic (exact) mass is 437 g/mol. The summed E-state index contributed by atoms with van der Waals surface area (Å²) in [6, 6.07) is 11.7. The van der Waals surface area contributed by atoms with Crippen LogP contribution in [0.4, 0.5) is 0 Å². The number of furan rings is 1. The number of hydrogen-bond acceptors (Lipinski definition) is 7. The van der Waals surface area contributed by atoms with Crippen LogP contribution in [-0.4, -0.2) is 43.6 Å². The van der Waals surface area contributed by atoms with Crippen molar-refractivity contribution in [2.24, 2.45) is 11.7 Å². The van der Waals surface area contributed by atoms with Crippen molar-refractivity contribution in [1.82, 2.24) is 19.5 Å². The number of piperidine rings is 1. The van der Waals surface area contributed by atoms with Gasteiger partial charge in [0, 0.05) is 5.92 Å². The third-order valence-electron chi connectivity index (χ3n) is 5.84. The van der Waals surface area contributed by atoms with E-state index in [-0.39, 0.29) is 23.7 Å². The molecule has 1 unspecified atom stereocenters. The predicted octanol–water partition coefficient (Wildman–Crippen LogP) is 3.35. The SMILES string of the molecule is Cc1cccc(C(c2sc3nc(-c4ccco4)nn3c2O)N2CCC(C(N)=O)CC2)c1. The molecule has 1 amide bonds. The van der Waals surface area contributed by atoms with Crippen LogP contribution in [0.2, 0.25) is 0 Å². The third kappa shape index (κ3) is 3.60. The number of nitrogens with zero attached hydrogens (tertiary/aromatic N) is 4. The molecule has 1 aliphatic heterocycles. The second kappa shape index (κ2) is 7.82. The van der Waals surface area contributed by atoms with Crippen molar-refractivity contribution in [2.45, 2.75) is 25.8 Å². The fourth-order valence-electron chi connectivity index (χ4n) is 4.25. The lowest BCUT2D eigenvalue weighted by Gasteiger charge is -2.36. The van der Waals surface area contributed by atoms with E-state index >= 15 is 0 Å². The molecule has 5 rings (SSSR count). The highest BCUT2D eigenvalue weighted by molar-refractivity contribution is 7.17. The van der Waals surface area contributed by atoms with Gasteiger partial charge in [0.15, 0.2) is 5.76 Å². The Hall–Kier alpha value is -3.17. The van der Waals surface area contributed by atoms with Crippen LogP contribution < -0.4 is 5.73 Å². The lowest BCUT2D eigenvalue weighted by atomic mass is 9.93. The van der Waals surface area contributed by atoms with Gasteiger partial charge in [0.1, 0.15) is 0 Å². The quantitative estimate of drug-likeness (QED) is 0.495. The van der Waals surface area contributed by atoms with Crippen molar-refractivity contribution in [1.29, 1.82) is 0 Å². The third-order valence-corrected chi connectivity index (χ3v) is 6.92. The van der Waals surface area contributed by atoms with Gasteiger partial charge >= 0.3 is 0 Å². The molecule has 1 saturated heterocycles. The van der Waals surface area contributed by atoms with E-state index in [9.17, 15) is 9.90 Å². The van der Waals surface area contributed by atoms with Gasteiger partial charge in [-0.2, -0.15) is 9.50 Å². The average Bonchev–Trinajstić information content (AvgIpc) is 3.48. The maximum absolute atomic E-state index is 11.6. The van der Waals surface area contributed by atoms with Crippen molar-refractivity contribution in [3.05, 3.63) is 58.7 Å². The number of hydrogen-bond donors (Lipinski definition) is 2. The molecule has 9 heteroatoms. The molecular weight excluding hydrogens is 414 g/mol. The van der Waals surface area contributed by atoms with Crippen molar-refractivity contribution in [2.75, 3.05) is 13.1 Å². The first-order chi connectivity index (χ1) is 15.0. The predicted molar refractivity (Wildman–Crippen MR) is 117 cm³/mol. The number of benzene rings is 1. The summed E-state index contributed by atoms with van der Waals surface area (Å²) in [6.45, 7) is 3.49. The summed E-state index contributed by atoms with van der Waals surface area (Å²) in [5.74, 6) is 0.738. The van der Waals surface area contributed by atoms with Crippen LogP contribution in [-0.2, 0) is 4.79 Å². The molecule has 31 heavy (non-hydrogen) atoms. The number of amides is 1. The van der Waals surface area contributed by atoms with E-state index in [1.807, 2.05) is 6.07 Å². The first kappa shape index (κ1) is 19.8. The summed E-state index contributed by atoms with van der Waals surface area (Å²) in [4.78, 5) is 19.8. The summed E-state index contributed by atoms with van der Waals surface area (Å²) in [5.41, 5.74) is 7.76. The molecule has 1 fully saturated rings. The molecular formula is C22H23N5O3S. The molecule has 3 aromatic heterocycles. The number of thiazole rings is 1. The highest BCUT2D eigenvalue weighted by Crippen LogP contribution is 2.41. The molecule has 3 N–H and O–H groups in total. The van der Waals surface area contributed by atoms with Crippen LogP contribution in [0.3, 0.4) is 0 Å². The minimum absolute atomic E-state index is 0.0776. The summed E-state index contributed by atoms with van der Waals surface area (Å²) in [5, 5.41) is 15.6. The number of fused-ring (bicyclic) bond motifs is 1. The standard InChI is InChI=1S/C22H23N5O3S/c1-13-4-2-5-15(12-13)17(26-9-7-14(8-10-26)19(23)28)18-21(29)27-22(31-18)24-20(25-27)16-6-3-11-30-16/h2-6,11-12,14,17,29H,7-10H2,1H3,(H2,23,28). The van der Waals surface area contributed by atoms with E-state index in [4.69, 9.17) is 10.2 Å². The van der Waals surface area contributed by atoms with Gasteiger partial charge in [0.2, 0.25) is 22.6 Å². The Kier molecular flexibility index (Phi) is 4.99. The Morgan fingerprint density at radius 3 is 2.74 bits per heavy atom. The number of rotatable bonds is 5. The lowest BCUT2D eigenvalue weighted by Crippen LogP contribution is -2.40. The van der Waals surface area contributed by atoms with Crippen LogP contribution >= 0.6 is 11.3 Å². The summed E-state index contributed by atoms with van der Waals surface area (Å²) in [6.07, 6.45) is 2.99. The second-order valence-corrected chi connectivity index (χ2v) is 8.94. The average molecular weight is 438 g/mol. The van der Waals surface area contributed by atoms with E-state index in [2.05, 4.69) is 40.1 Å². The molecule has 4 aromatic rings. The van der Waals surface area contributed by atoms with Gasteiger partial charge < -0.3 is 15.3 Å². The van der Waals surface area contributed by atoms with E-state index in [0.29, 0.717) is 29.4 Å². The second-order valence-electron chi connectivity index (χ2n) is 7.93. The number of aromatic nitrogens is 3. The first-order valence-corrected chi connectivity index (χ1v) is 11.0. The molecule has 0 radical (unpaired) electrons. The molecule has 4 heterocycles. The minimum Gasteiger partial charge on any atom is -0.492 e. The van der Waals surface area contributed by atoms with Crippen molar-refractivity contribution < 1.29 is 14.3 Å². The number of nitrogens with two attached hydrogens (primary N) is 1. The van der Waals surface area contributed by atoms with E-state index in [1.165, 1.54) is 15.9 Å². The molecule has 160 valence electrons. The van der Waals surface area contributed by atoms with E-state index in [0.717, 1.165) is 29.1 Å². The summed E-state index contributed by atoms with van der Waals surface area (Å²) < 4.78 is 6.85. The highest BCUT2D eigenvalue weighted by Gasteiger charge is 2.33. The Labute approximate surface area is 182 Å². The number of carbonyl (C=O) groups excluding carboxylic acids is 1. The first-order valence-electron chi connectivity index (χ1n) is 10.2. The van der Waals surface area contributed by atoms with Gasteiger partial charge in [-0.3, -0.25) is 9.69 Å². The zero-order valence-electron chi connectivity index (χ0n) is 17.1. The molecule has 0 saturated carbocycles. The Bertz CT molecular complexity index is 1220. The highest BCUT2D eigenvalue weighted by atomic mass is 32.1. The molecule has 8 nitrogen and oxygen atoms in total. The smallest absolute Gasteiger partial charge is 0.230 e. The van der Waals surface area contributed by atoms with Gasteiger partial charge in [-0.25, -0.2) is 0 Å². The topological polar surface area (TPSA) is 110 Å². The maximum atomic E-state index is 11.6. The fraction of sp³-hybridized carbons (Fsp3) is 0.318. The molecule has 1 aliphatic rings. The number of aryl methyl sites for hydroxylation is 1. The van der Waals surface area contributed by atoms with Crippen molar-refractivity contribution >= 4 is 22.2 Å². The Balaban J connectivity index is 1.55. The van der Waals surface area contributed by atoms with Crippen LogP contribution in [0.25, 0.3) is 16.5 Å². The van der Waals surface area contributed by atoms with Gasteiger partial charge in [0.25, 0.3) is 0 Å². The Morgan fingerprint density at radius 2 is 2.10 bits per heavy atom. The minimum atomic E-state index is -0.237. The van der Waals surface area contributed by atoms with Crippen LogP contribution in [0, 0.1) is 12.8 Å². The molecule has 0 bridgehead atoms. The van der Waals surface area contributed by atoms with Crippen LogP contribution in [0.1, 0.15) is 34.9 Å². The molecule has 0 spiro atoms. The molecule has 1 atom stereocenters. The van der Waals surface area contributed by atoms with Crippen LogP contribution in [0.15, 0.2) is 47.1 Å². The van der Waals surface area contributed by atoms with E-state index in [1.54, 1.807) is 18.4 Å². The van der Waals surface area contributed by atoms with Crippen molar-refractivity contribution in [3.63, 3.8) is 0 Å². The molecule has 0 aliphatic carbocycles. The lowest BCUT2D eigenvalue weighted by molar-refractivity contribution is -0.123. The van der Waals surface area contributed by atoms with Gasteiger partial charge in [-0.1, -0.05) is 41.2 Å².